The summed E-state index contributed by atoms with van der Waals surface area (Å²) in [6, 6.07) is 25.5. The highest BCUT2D eigenvalue weighted by Gasteiger charge is 2.13. The maximum atomic E-state index is 6.48. The fourth-order valence-electron chi connectivity index (χ4n) is 3.43. The van der Waals surface area contributed by atoms with Crippen molar-refractivity contribution in [1.29, 1.82) is 0 Å². The summed E-state index contributed by atoms with van der Waals surface area (Å²) < 4.78 is 3.68. The van der Waals surface area contributed by atoms with E-state index in [9.17, 15) is 0 Å². The Bertz CT molecular complexity index is 1270. The average Bonchev–Trinajstić information content (AvgIpc) is 2.99. The van der Waals surface area contributed by atoms with E-state index in [0.29, 0.717) is 0 Å². The summed E-state index contributed by atoms with van der Waals surface area (Å²) in [6.07, 6.45) is 0. The van der Waals surface area contributed by atoms with Crippen LogP contribution in [0.2, 0.25) is 5.02 Å². The van der Waals surface area contributed by atoms with Gasteiger partial charge in [-0.15, -0.1) is 11.3 Å². The third-order valence-corrected chi connectivity index (χ3v) is 6.66. The molecule has 5 rings (SSSR count). The number of halogens is 2. The summed E-state index contributed by atoms with van der Waals surface area (Å²) in [7, 11) is 0. The Kier molecular flexibility index (Phi) is 3.60. The monoisotopic (exact) mass is 422 g/mol. The largest absolute Gasteiger partial charge is 0.135 e. The number of rotatable bonds is 1. The van der Waals surface area contributed by atoms with Crippen molar-refractivity contribution in [3.05, 3.63) is 82.3 Å². The lowest BCUT2D eigenvalue weighted by atomic mass is 9.99. The topological polar surface area (TPSA) is 0 Å². The standard InChI is InChI=1S/C22H12BrClS/c23-20-10-14(9-13-5-1-2-6-16(13)20)18-11-15(24)12-19-17-7-3-4-8-21(17)25-22(18)19/h1-12H. The van der Waals surface area contributed by atoms with Gasteiger partial charge >= 0.3 is 0 Å². The fourth-order valence-corrected chi connectivity index (χ4v) is 5.47. The van der Waals surface area contributed by atoms with E-state index in [1.165, 1.54) is 42.1 Å². The Labute approximate surface area is 162 Å². The molecule has 0 nitrogen and oxygen atoms in total. The summed E-state index contributed by atoms with van der Waals surface area (Å²) in [5.74, 6) is 0. The molecule has 25 heavy (non-hydrogen) atoms. The molecule has 120 valence electrons. The first-order chi connectivity index (χ1) is 12.2. The van der Waals surface area contributed by atoms with E-state index in [1.807, 2.05) is 11.3 Å². The molecule has 0 saturated heterocycles. The summed E-state index contributed by atoms with van der Waals surface area (Å²) in [5, 5.41) is 5.72. The van der Waals surface area contributed by atoms with Gasteiger partial charge in [-0.1, -0.05) is 70.0 Å². The van der Waals surface area contributed by atoms with Crippen molar-refractivity contribution in [2.24, 2.45) is 0 Å². The molecule has 0 radical (unpaired) electrons. The summed E-state index contributed by atoms with van der Waals surface area (Å²) in [6.45, 7) is 0. The minimum atomic E-state index is 0.773. The first kappa shape index (κ1) is 15.4. The van der Waals surface area contributed by atoms with Crippen molar-refractivity contribution in [1.82, 2.24) is 0 Å². The van der Waals surface area contributed by atoms with Gasteiger partial charge in [-0.2, -0.15) is 0 Å². The number of fused-ring (bicyclic) bond motifs is 4. The maximum absolute atomic E-state index is 6.48. The summed E-state index contributed by atoms with van der Waals surface area (Å²) in [4.78, 5) is 0. The van der Waals surface area contributed by atoms with E-state index in [0.717, 1.165) is 9.50 Å². The molecule has 0 amide bonds. The average molecular weight is 424 g/mol. The Morgan fingerprint density at radius 3 is 2.40 bits per heavy atom. The van der Waals surface area contributed by atoms with Crippen LogP contribution in [0.15, 0.2) is 77.3 Å². The lowest BCUT2D eigenvalue weighted by Gasteiger charge is -2.09. The van der Waals surface area contributed by atoms with E-state index >= 15 is 0 Å². The Morgan fingerprint density at radius 1 is 0.760 bits per heavy atom. The normalized spacial score (nSPS) is 11.6. The molecule has 0 saturated carbocycles. The van der Waals surface area contributed by atoms with Crippen LogP contribution in [0.1, 0.15) is 0 Å². The molecule has 0 aliphatic carbocycles. The molecule has 5 aromatic rings. The van der Waals surface area contributed by atoms with Gasteiger partial charge in [0, 0.05) is 35.2 Å². The first-order valence-electron chi connectivity index (χ1n) is 8.00. The van der Waals surface area contributed by atoms with E-state index in [1.54, 1.807) is 0 Å². The van der Waals surface area contributed by atoms with Crippen molar-refractivity contribution in [2.45, 2.75) is 0 Å². The third kappa shape index (κ3) is 2.48. The van der Waals surface area contributed by atoms with Crippen LogP contribution in [0, 0.1) is 0 Å². The predicted molar refractivity (Wildman–Crippen MR) is 115 cm³/mol. The Balaban J connectivity index is 1.89. The number of hydrogen-bond acceptors (Lipinski definition) is 1. The molecule has 0 atom stereocenters. The quantitative estimate of drug-likeness (QED) is 0.254. The highest BCUT2D eigenvalue weighted by atomic mass is 79.9. The molecule has 0 unspecified atom stereocenters. The smallest absolute Gasteiger partial charge is 0.0434 e. The van der Waals surface area contributed by atoms with E-state index in [-0.39, 0.29) is 0 Å². The van der Waals surface area contributed by atoms with E-state index in [2.05, 4.69) is 88.7 Å². The molecule has 0 fully saturated rings. The molecule has 4 aromatic carbocycles. The van der Waals surface area contributed by atoms with Crippen LogP contribution in [-0.4, -0.2) is 0 Å². The van der Waals surface area contributed by atoms with E-state index in [4.69, 9.17) is 11.6 Å². The predicted octanol–water partition coefficient (Wildman–Crippen LogP) is 8.29. The molecule has 0 N–H and O–H groups in total. The van der Waals surface area contributed by atoms with Crippen molar-refractivity contribution < 1.29 is 0 Å². The van der Waals surface area contributed by atoms with Crippen LogP contribution in [0.3, 0.4) is 0 Å². The second-order valence-corrected chi connectivity index (χ2v) is 8.45. The molecule has 0 spiro atoms. The van der Waals surface area contributed by atoms with Gasteiger partial charge in [-0.05, 0) is 46.7 Å². The van der Waals surface area contributed by atoms with Gasteiger partial charge in [0.2, 0.25) is 0 Å². The Morgan fingerprint density at radius 2 is 1.52 bits per heavy atom. The van der Waals surface area contributed by atoms with Gasteiger partial charge in [-0.3, -0.25) is 0 Å². The van der Waals surface area contributed by atoms with Gasteiger partial charge in [0.25, 0.3) is 0 Å². The highest BCUT2D eigenvalue weighted by Crippen LogP contribution is 2.43. The van der Waals surface area contributed by atoms with Crippen molar-refractivity contribution in [2.75, 3.05) is 0 Å². The zero-order valence-electron chi connectivity index (χ0n) is 13.1. The van der Waals surface area contributed by atoms with Crippen LogP contribution in [-0.2, 0) is 0 Å². The highest BCUT2D eigenvalue weighted by molar-refractivity contribution is 9.10. The lowest BCUT2D eigenvalue weighted by molar-refractivity contribution is 1.68. The SMILES string of the molecule is Clc1cc(-c2cc(Br)c3ccccc3c2)c2sc3ccccc3c2c1. The zero-order chi connectivity index (χ0) is 17.0. The molecule has 0 bridgehead atoms. The molecular weight excluding hydrogens is 412 g/mol. The summed E-state index contributed by atoms with van der Waals surface area (Å²) in [5.41, 5.74) is 2.37. The summed E-state index contributed by atoms with van der Waals surface area (Å²) >= 11 is 12.0. The lowest BCUT2D eigenvalue weighted by Crippen LogP contribution is -1.82. The van der Waals surface area contributed by atoms with Crippen LogP contribution >= 0.6 is 38.9 Å². The number of thiophene rings is 1. The maximum Gasteiger partial charge on any atom is 0.0434 e. The number of hydrogen-bond donors (Lipinski definition) is 0. The molecular formula is C22H12BrClS. The van der Waals surface area contributed by atoms with Crippen LogP contribution in [0.4, 0.5) is 0 Å². The van der Waals surface area contributed by atoms with Gasteiger partial charge in [0.1, 0.15) is 0 Å². The van der Waals surface area contributed by atoms with Crippen molar-refractivity contribution >= 4 is 69.8 Å². The molecule has 3 heteroatoms. The van der Waals surface area contributed by atoms with Crippen molar-refractivity contribution in [3.8, 4) is 11.1 Å². The molecule has 0 aliphatic rings. The second kappa shape index (κ2) is 5.84. The zero-order valence-corrected chi connectivity index (χ0v) is 16.3. The van der Waals surface area contributed by atoms with Gasteiger partial charge < -0.3 is 0 Å². The van der Waals surface area contributed by atoms with Crippen LogP contribution in [0.5, 0.6) is 0 Å². The fraction of sp³-hybridized carbons (Fsp3) is 0. The van der Waals surface area contributed by atoms with Crippen LogP contribution in [0.25, 0.3) is 42.1 Å². The molecule has 1 aromatic heterocycles. The van der Waals surface area contributed by atoms with E-state index < -0.39 is 0 Å². The number of benzene rings is 4. The van der Waals surface area contributed by atoms with Gasteiger partial charge in [-0.25, -0.2) is 0 Å². The second-order valence-electron chi connectivity index (χ2n) is 6.11. The van der Waals surface area contributed by atoms with Gasteiger partial charge in [0.15, 0.2) is 0 Å². The third-order valence-electron chi connectivity index (χ3n) is 4.57. The van der Waals surface area contributed by atoms with Crippen molar-refractivity contribution in [3.63, 3.8) is 0 Å². The van der Waals surface area contributed by atoms with Crippen LogP contribution < -0.4 is 0 Å². The Hall–Kier alpha value is -1.87. The minimum absolute atomic E-state index is 0.773. The molecule has 0 aliphatic heterocycles. The molecule has 1 heterocycles. The van der Waals surface area contributed by atoms with Gasteiger partial charge in [0.05, 0.1) is 0 Å². The minimum Gasteiger partial charge on any atom is -0.135 e. The first-order valence-corrected chi connectivity index (χ1v) is 9.99.